The van der Waals surface area contributed by atoms with Crippen LogP contribution in [0.4, 0.5) is 0 Å². The number of hydrogen-bond donors (Lipinski definition) is 0. The molecule has 0 atom stereocenters. The number of rotatable bonds is 3. The summed E-state index contributed by atoms with van der Waals surface area (Å²) in [5.74, 6) is 0. The lowest BCUT2D eigenvalue weighted by Gasteiger charge is -1.84. The van der Waals surface area contributed by atoms with Gasteiger partial charge in [0, 0.05) is 0 Å². The molecule has 1 radical (unpaired) electrons. The van der Waals surface area contributed by atoms with Crippen LogP contribution in [0.1, 0.15) is 0 Å². The molecule has 0 fully saturated rings. The van der Waals surface area contributed by atoms with Crippen molar-refractivity contribution in [3.63, 3.8) is 0 Å². The van der Waals surface area contributed by atoms with Crippen LogP contribution in [-0.2, 0) is 8.91 Å². The quantitative estimate of drug-likeness (QED) is 0.334. The highest BCUT2D eigenvalue weighted by Crippen LogP contribution is 1.60. The summed E-state index contributed by atoms with van der Waals surface area (Å²) in [6.45, 7) is 3.42. The first-order valence-corrected chi connectivity index (χ1v) is 4.23. The predicted molar refractivity (Wildman–Crippen MR) is 29.1 cm³/mol. The van der Waals surface area contributed by atoms with Crippen LogP contribution >= 0.6 is 0 Å². The summed E-state index contributed by atoms with van der Waals surface area (Å²) < 4.78 is 4.59. The molecule has 0 amide bonds. The van der Waals surface area contributed by atoms with Gasteiger partial charge in [0.1, 0.15) is 0 Å². The lowest BCUT2D eigenvalue weighted by molar-refractivity contribution is 0.389. The van der Waals surface area contributed by atoms with Crippen molar-refractivity contribution in [1.82, 2.24) is 0 Å². The van der Waals surface area contributed by atoms with Gasteiger partial charge in [-0.25, -0.2) is 0 Å². The maximum absolute atomic E-state index is 9.59. The Kier molecular flexibility index (Phi) is 5.17. The molecule has 0 bridgehead atoms. The molecule has 0 heterocycles. The standard InChI is InChI=1S/C2H7O2Si2/c1-2-5-4-6-3/h2H,1,5-6H2. The smallest absolute Gasteiger partial charge is 0.333 e. The summed E-state index contributed by atoms with van der Waals surface area (Å²) in [4.78, 5) is 9.59. The predicted octanol–water partition coefficient (Wildman–Crippen LogP) is -1.34. The van der Waals surface area contributed by atoms with Gasteiger partial charge in [0.25, 0.3) is 0 Å². The molecule has 0 aliphatic heterocycles. The Hall–Kier alpha value is 0.0938. The molecule has 35 valence electrons. The van der Waals surface area contributed by atoms with Gasteiger partial charge < -0.3 is 4.12 Å². The highest BCUT2D eigenvalue weighted by atomic mass is 28.3. The van der Waals surface area contributed by atoms with Crippen LogP contribution in [0.25, 0.3) is 0 Å². The molecule has 6 heavy (non-hydrogen) atoms. The summed E-state index contributed by atoms with van der Waals surface area (Å²) in [6, 6.07) is 0. The second-order valence-corrected chi connectivity index (χ2v) is 3.56. The molecule has 0 aliphatic rings. The van der Waals surface area contributed by atoms with Crippen molar-refractivity contribution in [2.24, 2.45) is 0 Å². The molecule has 4 heteroatoms. The monoisotopic (exact) mass is 119 g/mol. The zero-order valence-electron chi connectivity index (χ0n) is 3.52. The third-order valence-electron chi connectivity index (χ3n) is 0.319. The summed E-state index contributed by atoms with van der Waals surface area (Å²) in [5.41, 5.74) is 1.71. The lowest BCUT2D eigenvalue weighted by Crippen LogP contribution is -1.97. The third-order valence-corrected chi connectivity index (χ3v) is 2.16. The molecule has 0 aliphatic carbocycles. The van der Waals surface area contributed by atoms with E-state index in [-0.39, 0.29) is 0 Å². The van der Waals surface area contributed by atoms with Crippen molar-refractivity contribution in [1.29, 1.82) is 0 Å². The molecule has 0 unspecified atom stereocenters. The topological polar surface area (TPSA) is 29.1 Å². The fourth-order valence-electron chi connectivity index (χ4n) is 0.131. The zero-order valence-corrected chi connectivity index (χ0v) is 6.34. The molecule has 0 saturated carbocycles. The molecule has 0 aromatic heterocycles. The molecule has 0 N–H and O–H groups in total. The summed E-state index contributed by atoms with van der Waals surface area (Å²) in [5, 5.41) is 0. The van der Waals surface area contributed by atoms with E-state index >= 15 is 0 Å². The second kappa shape index (κ2) is 5.09. The van der Waals surface area contributed by atoms with E-state index in [2.05, 4.69) is 10.7 Å². The zero-order chi connectivity index (χ0) is 4.83. The Labute approximate surface area is 41.8 Å². The van der Waals surface area contributed by atoms with Crippen LogP contribution in [0.2, 0.25) is 0 Å². The van der Waals surface area contributed by atoms with Gasteiger partial charge in [-0.15, -0.1) is 6.58 Å². The molecular formula is C2H7O2Si2. The van der Waals surface area contributed by atoms with Crippen molar-refractivity contribution in [2.75, 3.05) is 0 Å². The van der Waals surface area contributed by atoms with E-state index in [4.69, 9.17) is 0 Å². The van der Waals surface area contributed by atoms with Crippen LogP contribution in [0.5, 0.6) is 0 Å². The largest absolute Gasteiger partial charge is 0.440 e. The van der Waals surface area contributed by atoms with E-state index < -0.39 is 19.8 Å². The minimum Gasteiger partial charge on any atom is -0.440 e. The van der Waals surface area contributed by atoms with E-state index in [1.807, 2.05) is 0 Å². The van der Waals surface area contributed by atoms with Gasteiger partial charge in [-0.2, -0.15) is 0 Å². The van der Waals surface area contributed by atoms with E-state index in [9.17, 15) is 4.80 Å². The Balaban J connectivity index is 2.49. The van der Waals surface area contributed by atoms with Crippen LogP contribution in [-0.4, -0.2) is 19.8 Å². The van der Waals surface area contributed by atoms with Crippen molar-refractivity contribution in [3.8, 4) is 0 Å². The van der Waals surface area contributed by atoms with Crippen LogP contribution < -0.4 is 0 Å². The molecule has 2 nitrogen and oxygen atoms in total. The van der Waals surface area contributed by atoms with Crippen LogP contribution in [0.15, 0.2) is 12.3 Å². The fourth-order valence-corrected chi connectivity index (χ4v) is 1.18. The first kappa shape index (κ1) is 6.09. The maximum Gasteiger partial charge on any atom is 0.333 e. The first-order valence-electron chi connectivity index (χ1n) is 1.68. The van der Waals surface area contributed by atoms with Crippen LogP contribution in [0, 0.1) is 0 Å². The van der Waals surface area contributed by atoms with Gasteiger partial charge in [0.05, 0.1) is 0 Å². The minimum absolute atomic E-state index is 0.565. The SMILES string of the molecule is C=C[SiH2]O[SiH2][O]. The normalized spacial score (nSPS) is 12.2. The molecule has 0 saturated heterocycles. The van der Waals surface area contributed by atoms with Crippen LogP contribution in [0.3, 0.4) is 0 Å². The lowest BCUT2D eigenvalue weighted by atomic mass is 11.3. The van der Waals surface area contributed by atoms with Crippen molar-refractivity contribution in [3.05, 3.63) is 12.3 Å². The van der Waals surface area contributed by atoms with Crippen molar-refractivity contribution < 1.29 is 8.91 Å². The first-order chi connectivity index (χ1) is 2.91. The average molecular weight is 119 g/mol. The highest BCUT2D eigenvalue weighted by Gasteiger charge is 1.74. The van der Waals surface area contributed by atoms with Gasteiger partial charge in [-0.1, -0.05) is 5.70 Å². The molecular weight excluding hydrogens is 112 g/mol. The third kappa shape index (κ3) is 4.09. The number of hydrogen-bond acceptors (Lipinski definition) is 1. The highest BCUT2D eigenvalue weighted by molar-refractivity contribution is 6.42. The van der Waals surface area contributed by atoms with Crippen molar-refractivity contribution in [2.45, 2.75) is 0 Å². The Morgan fingerprint density at radius 2 is 2.50 bits per heavy atom. The summed E-state index contributed by atoms with van der Waals surface area (Å²) in [7, 11) is -1.92. The molecule has 0 aromatic rings. The second-order valence-electron chi connectivity index (χ2n) is 0.777. The average Bonchev–Trinajstić information content (AvgIpc) is 1.61. The summed E-state index contributed by atoms with van der Waals surface area (Å²) >= 11 is 0. The fraction of sp³-hybridized carbons (Fsp3) is 0. The van der Waals surface area contributed by atoms with Gasteiger partial charge in [-0.3, -0.25) is 4.80 Å². The summed E-state index contributed by atoms with van der Waals surface area (Å²) in [6.07, 6.45) is 0. The maximum atomic E-state index is 9.59. The minimum atomic E-state index is -1.36. The Bertz CT molecular complexity index is 38.5. The molecule has 0 spiro atoms. The Morgan fingerprint density at radius 3 is 2.67 bits per heavy atom. The molecule has 0 rings (SSSR count). The Morgan fingerprint density at radius 1 is 1.83 bits per heavy atom. The van der Waals surface area contributed by atoms with E-state index in [0.717, 1.165) is 0 Å². The van der Waals surface area contributed by atoms with E-state index in [1.54, 1.807) is 5.70 Å². The van der Waals surface area contributed by atoms with Gasteiger partial charge in [0.15, 0.2) is 9.76 Å². The van der Waals surface area contributed by atoms with Gasteiger partial charge in [0.2, 0.25) is 0 Å². The van der Waals surface area contributed by atoms with Crippen molar-refractivity contribution >= 4 is 19.8 Å². The van der Waals surface area contributed by atoms with Gasteiger partial charge in [-0.05, 0) is 0 Å². The van der Waals surface area contributed by atoms with Gasteiger partial charge >= 0.3 is 10.0 Å². The van der Waals surface area contributed by atoms with E-state index in [0.29, 0.717) is 0 Å². The van der Waals surface area contributed by atoms with E-state index in [1.165, 1.54) is 0 Å². The molecule has 0 aromatic carbocycles.